The Hall–Kier alpha value is -1.50. The SMILES string of the molecule is CCN(CC1CCCO1)C(=O)c1nn[nH]n1. The third kappa shape index (κ3) is 2.35. The van der Waals surface area contributed by atoms with Gasteiger partial charge in [-0.1, -0.05) is 0 Å². The molecule has 16 heavy (non-hydrogen) atoms. The van der Waals surface area contributed by atoms with Gasteiger partial charge in [0, 0.05) is 19.7 Å². The number of tetrazole rings is 1. The number of rotatable bonds is 4. The minimum absolute atomic E-state index is 0.111. The zero-order valence-corrected chi connectivity index (χ0v) is 9.22. The summed E-state index contributed by atoms with van der Waals surface area (Å²) in [4.78, 5) is 13.6. The number of amides is 1. The molecule has 7 heteroatoms. The van der Waals surface area contributed by atoms with Crippen molar-refractivity contribution >= 4 is 5.91 Å². The standard InChI is InChI=1S/C9H15N5O2/c1-2-14(6-7-4-3-5-16-7)9(15)8-10-12-13-11-8/h7H,2-6H2,1H3,(H,10,11,12,13). The monoisotopic (exact) mass is 225 g/mol. The molecule has 1 aliphatic rings. The first kappa shape index (κ1) is 11.0. The van der Waals surface area contributed by atoms with Crippen molar-refractivity contribution in [1.29, 1.82) is 0 Å². The van der Waals surface area contributed by atoms with Gasteiger partial charge >= 0.3 is 0 Å². The Balaban J connectivity index is 1.96. The molecule has 1 aromatic heterocycles. The number of likely N-dealkylation sites (N-methyl/N-ethyl adjacent to an activating group) is 1. The highest BCUT2D eigenvalue weighted by Crippen LogP contribution is 2.13. The lowest BCUT2D eigenvalue weighted by Gasteiger charge is -2.22. The maximum atomic E-state index is 11.9. The van der Waals surface area contributed by atoms with Crippen LogP contribution < -0.4 is 0 Å². The van der Waals surface area contributed by atoms with Gasteiger partial charge in [0.2, 0.25) is 0 Å². The fourth-order valence-electron chi connectivity index (χ4n) is 1.78. The number of carbonyl (C=O) groups is 1. The molecular formula is C9H15N5O2. The van der Waals surface area contributed by atoms with Crippen LogP contribution in [0.25, 0.3) is 0 Å². The molecule has 2 heterocycles. The Morgan fingerprint density at radius 2 is 2.56 bits per heavy atom. The van der Waals surface area contributed by atoms with Crippen molar-refractivity contribution in [1.82, 2.24) is 25.5 Å². The number of ether oxygens (including phenoxy) is 1. The predicted octanol–water partition coefficient (Wildman–Crippen LogP) is -0.159. The normalized spacial score (nSPS) is 19.9. The van der Waals surface area contributed by atoms with Gasteiger partial charge in [-0.05, 0) is 25.0 Å². The lowest BCUT2D eigenvalue weighted by molar-refractivity contribution is 0.0530. The van der Waals surface area contributed by atoms with Gasteiger partial charge in [0.25, 0.3) is 11.7 Å². The highest BCUT2D eigenvalue weighted by molar-refractivity contribution is 5.90. The Labute approximate surface area is 93.2 Å². The first-order chi connectivity index (χ1) is 7.81. The molecule has 1 unspecified atom stereocenters. The first-order valence-electron chi connectivity index (χ1n) is 5.45. The lowest BCUT2D eigenvalue weighted by Crippen LogP contribution is -2.37. The quantitative estimate of drug-likeness (QED) is 0.769. The second-order valence-electron chi connectivity index (χ2n) is 3.71. The van der Waals surface area contributed by atoms with Crippen molar-refractivity contribution < 1.29 is 9.53 Å². The molecule has 1 N–H and O–H groups in total. The molecule has 1 aliphatic heterocycles. The van der Waals surface area contributed by atoms with E-state index >= 15 is 0 Å². The highest BCUT2D eigenvalue weighted by Gasteiger charge is 2.24. The Bertz CT molecular complexity index is 334. The van der Waals surface area contributed by atoms with E-state index in [9.17, 15) is 4.79 Å². The Morgan fingerprint density at radius 1 is 1.69 bits per heavy atom. The van der Waals surface area contributed by atoms with E-state index in [1.807, 2.05) is 6.92 Å². The van der Waals surface area contributed by atoms with E-state index in [0.29, 0.717) is 13.1 Å². The molecule has 1 amide bonds. The van der Waals surface area contributed by atoms with Crippen molar-refractivity contribution in [3.63, 3.8) is 0 Å². The van der Waals surface area contributed by atoms with E-state index in [1.54, 1.807) is 4.90 Å². The summed E-state index contributed by atoms with van der Waals surface area (Å²) in [6.45, 7) is 3.93. The van der Waals surface area contributed by atoms with Gasteiger partial charge < -0.3 is 9.64 Å². The lowest BCUT2D eigenvalue weighted by atomic mass is 10.2. The van der Waals surface area contributed by atoms with Crippen LogP contribution in [0.15, 0.2) is 0 Å². The topological polar surface area (TPSA) is 84.0 Å². The van der Waals surface area contributed by atoms with E-state index < -0.39 is 0 Å². The van der Waals surface area contributed by atoms with E-state index in [4.69, 9.17) is 4.74 Å². The van der Waals surface area contributed by atoms with Gasteiger partial charge in [-0.3, -0.25) is 4.79 Å². The van der Waals surface area contributed by atoms with Gasteiger partial charge in [-0.2, -0.15) is 5.21 Å². The summed E-state index contributed by atoms with van der Waals surface area (Å²) in [7, 11) is 0. The van der Waals surface area contributed by atoms with E-state index in [-0.39, 0.29) is 17.8 Å². The molecule has 7 nitrogen and oxygen atoms in total. The van der Waals surface area contributed by atoms with E-state index in [1.165, 1.54) is 0 Å². The van der Waals surface area contributed by atoms with Crippen molar-refractivity contribution in [2.24, 2.45) is 0 Å². The van der Waals surface area contributed by atoms with Gasteiger partial charge in [0.1, 0.15) is 0 Å². The maximum Gasteiger partial charge on any atom is 0.295 e. The summed E-state index contributed by atoms with van der Waals surface area (Å²) < 4.78 is 5.49. The number of nitrogens with zero attached hydrogens (tertiary/aromatic N) is 4. The third-order valence-electron chi connectivity index (χ3n) is 2.65. The number of H-pyrrole nitrogens is 1. The predicted molar refractivity (Wildman–Crippen MR) is 54.7 cm³/mol. The molecule has 1 saturated heterocycles. The average Bonchev–Trinajstić information content (AvgIpc) is 2.97. The molecule has 0 spiro atoms. The summed E-state index contributed by atoms with van der Waals surface area (Å²) in [5.74, 6) is -0.0911. The first-order valence-corrected chi connectivity index (χ1v) is 5.45. The number of aromatic nitrogens is 4. The number of hydrogen-bond donors (Lipinski definition) is 1. The Kier molecular flexibility index (Phi) is 3.45. The van der Waals surface area contributed by atoms with Gasteiger partial charge in [0.05, 0.1) is 6.10 Å². The largest absolute Gasteiger partial charge is 0.376 e. The van der Waals surface area contributed by atoms with E-state index in [2.05, 4.69) is 20.6 Å². The molecule has 0 aromatic carbocycles. The molecule has 1 fully saturated rings. The zero-order valence-electron chi connectivity index (χ0n) is 9.22. The fourth-order valence-corrected chi connectivity index (χ4v) is 1.78. The van der Waals surface area contributed by atoms with Gasteiger partial charge in [0.15, 0.2) is 0 Å². The summed E-state index contributed by atoms with van der Waals surface area (Å²) >= 11 is 0. The number of nitrogens with one attached hydrogen (secondary N) is 1. The molecule has 0 aliphatic carbocycles. The number of carbonyl (C=O) groups excluding carboxylic acids is 1. The maximum absolute atomic E-state index is 11.9. The number of hydrogen-bond acceptors (Lipinski definition) is 5. The molecule has 1 aromatic rings. The van der Waals surface area contributed by atoms with E-state index in [0.717, 1.165) is 19.4 Å². The summed E-state index contributed by atoms with van der Waals surface area (Å²) in [5, 5.41) is 13.0. The van der Waals surface area contributed by atoms with Gasteiger partial charge in [-0.25, -0.2) is 0 Å². The minimum atomic E-state index is -0.202. The van der Waals surface area contributed by atoms with Crippen LogP contribution in [0.3, 0.4) is 0 Å². The fraction of sp³-hybridized carbons (Fsp3) is 0.778. The van der Waals surface area contributed by atoms with Crippen molar-refractivity contribution in [2.75, 3.05) is 19.7 Å². The van der Waals surface area contributed by atoms with Crippen LogP contribution in [0.2, 0.25) is 0 Å². The molecule has 0 bridgehead atoms. The smallest absolute Gasteiger partial charge is 0.295 e. The second kappa shape index (κ2) is 5.02. The summed E-state index contributed by atoms with van der Waals surface area (Å²) in [5.41, 5.74) is 0. The van der Waals surface area contributed by atoms with Crippen LogP contribution in [0.1, 0.15) is 30.4 Å². The molecular weight excluding hydrogens is 210 g/mol. The molecule has 1 atom stereocenters. The van der Waals surface area contributed by atoms with Gasteiger partial charge in [-0.15, -0.1) is 10.2 Å². The third-order valence-corrected chi connectivity index (χ3v) is 2.65. The van der Waals surface area contributed by atoms with Crippen LogP contribution in [0.5, 0.6) is 0 Å². The van der Waals surface area contributed by atoms with Crippen molar-refractivity contribution in [3.05, 3.63) is 5.82 Å². The highest BCUT2D eigenvalue weighted by atomic mass is 16.5. The average molecular weight is 225 g/mol. The van der Waals surface area contributed by atoms with Crippen LogP contribution in [-0.4, -0.2) is 57.2 Å². The summed E-state index contributed by atoms with van der Waals surface area (Å²) in [6.07, 6.45) is 2.23. The molecule has 88 valence electrons. The summed E-state index contributed by atoms with van der Waals surface area (Å²) in [6, 6.07) is 0. The van der Waals surface area contributed by atoms with Crippen molar-refractivity contribution in [3.8, 4) is 0 Å². The van der Waals surface area contributed by atoms with Crippen LogP contribution in [0, 0.1) is 0 Å². The minimum Gasteiger partial charge on any atom is -0.376 e. The van der Waals surface area contributed by atoms with Crippen LogP contribution in [0.4, 0.5) is 0 Å². The second-order valence-corrected chi connectivity index (χ2v) is 3.71. The number of aromatic amines is 1. The molecule has 0 saturated carbocycles. The van der Waals surface area contributed by atoms with Crippen LogP contribution in [-0.2, 0) is 4.74 Å². The van der Waals surface area contributed by atoms with Crippen LogP contribution >= 0.6 is 0 Å². The molecule has 2 rings (SSSR count). The van der Waals surface area contributed by atoms with Crippen molar-refractivity contribution in [2.45, 2.75) is 25.9 Å². The molecule has 0 radical (unpaired) electrons. The Morgan fingerprint density at radius 3 is 3.12 bits per heavy atom. The zero-order chi connectivity index (χ0) is 11.4.